The van der Waals surface area contributed by atoms with E-state index in [4.69, 9.17) is 5.84 Å². The maximum atomic E-state index is 5.32. The van der Waals surface area contributed by atoms with Crippen molar-refractivity contribution in [1.29, 1.82) is 0 Å². The van der Waals surface area contributed by atoms with Crippen LogP contribution in [0, 0.1) is 6.92 Å². The van der Waals surface area contributed by atoms with Crippen LogP contribution in [-0.4, -0.2) is 15.0 Å². The number of halogens is 1. The van der Waals surface area contributed by atoms with Gasteiger partial charge in [-0.05, 0) is 22.9 Å². The Bertz CT molecular complexity index is 514. The third-order valence-corrected chi connectivity index (χ3v) is 3.60. The highest BCUT2D eigenvalue weighted by molar-refractivity contribution is 9.10. The zero-order valence-corrected chi connectivity index (χ0v) is 11.5. The molecule has 0 saturated heterocycles. The molecular weight excluding hydrogens is 304 g/mol. The molecule has 17 heavy (non-hydrogen) atoms. The molecule has 0 atom stereocenters. The summed E-state index contributed by atoms with van der Waals surface area (Å²) < 4.78 is 0.703. The Morgan fingerprint density at radius 1 is 1.41 bits per heavy atom. The Hall–Kier alpha value is -1.25. The van der Waals surface area contributed by atoms with Gasteiger partial charge in [-0.1, -0.05) is 0 Å². The number of hydrazine groups is 1. The minimum Gasteiger partial charge on any atom is -0.363 e. The quantitative estimate of drug-likeness (QED) is 0.590. The second-order valence-electron chi connectivity index (χ2n) is 3.24. The van der Waals surface area contributed by atoms with Crippen LogP contribution in [-0.2, 0) is 6.54 Å². The van der Waals surface area contributed by atoms with Crippen LogP contribution in [0.5, 0.6) is 0 Å². The fourth-order valence-electron chi connectivity index (χ4n) is 1.26. The van der Waals surface area contributed by atoms with Crippen LogP contribution in [0.1, 0.15) is 10.7 Å². The Balaban J connectivity index is 2.09. The molecule has 0 aliphatic carbocycles. The maximum Gasteiger partial charge on any atom is 0.159 e. The molecule has 2 aromatic rings. The number of thiazole rings is 1. The monoisotopic (exact) mass is 314 g/mol. The zero-order chi connectivity index (χ0) is 12.3. The number of rotatable bonds is 4. The van der Waals surface area contributed by atoms with E-state index in [0.717, 1.165) is 10.7 Å². The number of nitrogens with two attached hydrogens (primary N) is 1. The number of nitrogen functional groups attached to an aromatic ring is 1. The normalized spacial score (nSPS) is 10.3. The molecule has 0 aliphatic rings. The summed E-state index contributed by atoms with van der Waals surface area (Å²) in [5, 5.41) is 6.23. The highest BCUT2D eigenvalue weighted by Crippen LogP contribution is 2.26. The van der Waals surface area contributed by atoms with Gasteiger partial charge in [0.1, 0.15) is 16.6 Å². The van der Waals surface area contributed by atoms with Gasteiger partial charge >= 0.3 is 0 Å². The number of aryl methyl sites for hydroxylation is 1. The minimum atomic E-state index is 0.539. The van der Waals surface area contributed by atoms with E-state index in [-0.39, 0.29) is 0 Å². The largest absolute Gasteiger partial charge is 0.363 e. The van der Waals surface area contributed by atoms with Crippen molar-refractivity contribution < 1.29 is 0 Å². The van der Waals surface area contributed by atoms with Crippen molar-refractivity contribution in [1.82, 2.24) is 15.0 Å². The van der Waals surface area contributed by atoms with Crippen molar-refractivity contribution in [3.05, 3.63) is 26.9 Å². The van der Waals surface area contributed by atoms with Crippen molar-refractivity contribution in [2.45, 2.75) is 13.5 Å². The van der Waals surface area contributed by atoms with Gasteiger partial charge in [0.15, 0.2) is 5.82 Å². The lowest BCUT2D eigenvalue weighted by Crippen LogP contribution is -2.11. The Labute approximate surface area is 111 Å². The predicted molar refractivity (Wildman–Crippen MR) is 71.7 cm³/mol. The standard InChI is InChI=1S/C9H11BrN6S/c1-5-15-6(3-17-5)2-12-8-7(10)9(16-11)14-4-13-8/h3-4H,2,11H2,1H3,(H2,12,13,14,16). The summed E-state index contributed by atoms with van der Waals surface area (Å²) in [6, 6.07) is 0. The third-order valence-electron chi connectivity index (χ3n) is 2.03. The van der Waals surface area contributed by atoms with Gasteiger partial charge in [0.05, 0.1) is 17.2 Å². The van der Waals surface area contributed by atoms with Crippen molar-refractivity contribution in [3.63, 3.8) is 0 Å². The molecule has 0 saturated carbocycles. The fourth-order valence-corrected chi connectivity index (χ4v) is 2.33. The van der Waals surface area contributed by atoms with Crippen molar-refractivity contribution >= 4 is 38.9 Å². The number of nitrogens with one attached hydrogen (secondary N) is 2. The van der Waals surface area contributed by atoms with E-state index in [2.05, 4.69) is 41.6 Å². The van der Waals surface area contributed by atoms with Gasteiger partial charge in [-0.2, -0.15) is 0 Å². The Kier molecular flexibility index (Phi) is 3.87. The number of hydrogen-bond donors (Lipinski definition) is 3. The van der Waals surface area contributed by atoms with E-state index < -0.39 is 0 Å². The molecule has 8 heteroatoms. The van der Waals surface area contributed by atoms with E-state index >= 15 is 0 Å². The lowest BCUT2D eigenvalue weighted by atomic mass is 10.4. The molecule has 2 aromatic heterocycles. The van der Waals surface area contributed by atoms with Crippen molar-refractivity contribution in [3.8, 4) is 0 Å². The first-order chi connectivity index (χ1) is 8.20. The summed E-state index contributed by atoms with van der Waals surface area (Å²) in [5.41, 5.74) is 3.47. The van der Waals surface area contributed by atoms with E-state index in [0.29, 0.717) is 22.7 Å². The SMILES string of the molecule is Cc1nc(CNc2ncnc(NN)c2Br)cs1. The van der Waals surface area contributed by atoms with Crippen LogP contribution >= 0.6 is 27.3 Å². The zero-order valence-electron chi connectivity index (χ0n) is 9.07. The predicted octanol–water partition coefficient (Wildman–Crippen LogP) is 1.90. The molecular formula is C9H11BrN6S. The number of hydrogen-bond acceptors (Lipinski definition) is 7. The molecule has 2 rings (SSSR count). The van der Waals surface area contributed by atoms with Gasteiger partial charge in [-0.3, -0.25) is 0 Å². The second kappa shape index (κ2) is 5.39. The molecule has 0 bridgehead atoms. The summed E-state index contributed by atoms with van der Waals surface area (Å²) in [5.74, 6) is 6.54. The number of aromatic nitrogens is 3. The van der Waals surface area contributed by atoms with Gasteiger partial charge in [0.25, 0.3) is 0 Å². The van der Waals surface area contributed by atoms with Crippen molar-refractivity contribution in [2.24, 2.45) is 5.84 Å². The molecule has 0 amide bonds. The lowest BCUT2D eigenvalue weighted by molar-refractivity contribution is 1.02. The van der Waals surface area contributed by atoms with Gasteiger partial charge in [0, 0.05) is 5.38 Å². The van der Waals surface area contributed by atoms with Gasteiger partial charge < -0.3 is 10.7 Å². The van der Waals surface area contributed by atoms with Crippen LogP contribution in [0.25, 0.3) is 0 Å². The van der Waals surface area contributed by atoms with Gasteiger partial charge in [-0.15, -0.1) is 11.3 Å². The highest BCUT2D eigenvalue weighted by atomic mass is 79.9. The molecule has 4 N–H and O–H groups in total. The first-order valence-electron chi connectivity index (χ1n) is 4.82. The molecule has 90 valence electrons. The first-order valence-corrected chi connectivity index (χ1v) is 6.50. The number of anilines is 2. The van der Waals surface area contributed by atoms with Gasteiger partial charge in [0.2, 0.25) is 0 Å². The van der Waals surface area contributed by atoms with Crippen LogP contribution in [0.3, 0.4) is 0 Å². The average molecular weight is 315 g/mol. The highest BCUT2D eigenvalue weighted by Gasteiger charge is 2.07. The lowest BCUT2D eigenvalue weighted by Gasteiger charge is -2.08. The molecule has 0 unspecified atom stereocenters. The van der Waals surface area contributed by atoms with Crippen LogP contribution in [0.15, 0.2) is 16.2 Å². The van der Waals surface area contributed by atoms with E-state index in [1.165, 1.54) is 6.33 Å². The Morgan fingerprint density at radius 2 is 2.18 bits per heavy atom. The third kappa shape index (κ3) is 2.90. The Morgan fingerprint density at radius 3 is 2.82 bits per heavy atom. The first kappa shape index (κ1) is 12.2. The summed E-state index contributed by atoms with van der Waals surface area (Å²) in [6.45, 7) is 2.59. The molecule has 0 spiro atoms. The molecule has 0 fully saturated rings. The molecule has 6 nitrogen and oxygen atoms in total. The van der Waals surface area contributed by atoms with Gasteiger partial charge in [-0.25, -0.2) is 20.8 Å². The van der Waals surface area contributed by atoms with Crippen molar-refractivity contribution in [2.75, 3.05) is 10.7 Å². The number of nitrogens with zero attached hydrogens (tertiary/aromatic N) is 3. The van der Waals surface area contributed by atoms with Crippen LogP contribution in [0.2, 0.25) is 0 Å². The topological polar surface area (TPSA) is 88.8 Å². The minimum absolute atomic E-state index is 0.539. The summed E-state index contributed by atoms with van der Waals surface area (Å²) in [7, 11) is 0. The van der Waals surface area contributed by atoms with E-state index in [1.807, 2.05) is 12.3 Å². The van der Waals surface area contributed by atoms with E-state index in [9.17, 15) is 0 Å². The average Bonchev–Trinajstić information content (AvgIpc) is 2.74. The molecule has 0 aromatic carbocycles. The molecule has 0 radical (unpaired) electrons. The smallest absolute Gasteiger partial charge is 0.159 e. The maximum absolute atomic E-state index is 5.32. The van der Waals surface area contributed by atoms with Crippen LogP contribution < -0.4 is 16.6 Å². The molecule has 0 aliphatic heterocycles. The summed E-state index contributed by atoms with van der Waals surface area (Å²) in [4.78, 5) is 12.4. The summed E-state index contributed by atoms with van der Waals surface area (Å²) >= 11 is 5.00. The van der Waals surface area contributed by atoms with E-state index in [1.54, 1.807) is 11.3 Å². The van der Waals surface area contributed by atoms with Crippen LogP contribution in [0.4, 0.5) is 11.6 Å². The molecule has 2 heterocycles. The second-order valence-corrected chi connectivity index (χ2v) is 5.10. The summed E-state index contributed by atoms with van der Waals surface area (Å²) in [6.07, 6.45) is 1.44. The fraction of sp³-hybridized carbons (Fsp3) is 0.222.